The van der Waals surface area contributed by atoms with Crippen molar-refractivity contribution in [3.63, 3.8) is 0 Å². The number of phenols is 1. The lowest BCUT2D eigenvalue weighted by Gasteiger charge is -2.23. The number of rotatable bonds is 2. The first-order valence-corrected chi connectivity index (χ1v) is 7.66. The molecule has 1 rings (SSSR count). The zero-order valence-electron chi connectivity index (χ0n) is 11.9. The summed E-state index contributed by atoms with van der Waals surface area (Å²) in [6.45, 7) is 7.66. The van der Waals surface area contributed by atoms with E-state index in [1.165, 1.54) is 6.07 Å². The Bertz CT molecular complexity index is 560. The van der Waals surface area contributed by atoms with Crippen LogP contribution in [0.2, 0.25) is 0 Å². The van der Waals surface area contributed by atoms with Crippen molar-refractivity contribution >= 4 is 22.2 Å². The molecule has 0 radical (unpaired) electrons. The van der Waals surface area contributed by atoms with Gasteiger partial charge in [-0.05, 0) is 30.0 Å². The molecular formula is C13H22ClNO3S. The van der Waals surface area contributed by atoms with Gasteiger partial charge in [0, 0.05) is 17.9 Å². The second-order valence-electron chi connectivity index (χ2n) is 5.72. The third-order valence-corrected chi connectivity index (χ3v) is 3.97. The first-order chi connectivity index (χ1) is 7.94. The normalized spacial score (nSPS) is 13.8. The molecule has 0 fully saturated rings. The van der Waals surface area contributed by atoms with Crippen molar-refractivity contribution in [2.75, 3.05) is 6.26 Å². The Kier molecular flexibility index (Phi) is 5.46. The minimum Gasteiger partial charge on any atom is -0.506 e. The highest BCUT2D eigenvalue weighted by Gasteiger charge is 2.24. The fraction of sp³-hybridized carbons (Fsp3) is 0.538. The van der Waals surface area contributed by atoms with E-state index < -0.39 is 15.9 Å². The van der Waals surface area contributed by atoms with Gasteiger partial charge in [0.05, 0.1) is 0 Å². The number of nitrogens with two attached hydrogens (primary N) is 1. The molecule has 0 spiro atoms. The standard InChI is InChI=1S/C13H21NO3S.ClH/c1-8(14)10-6-9(13(2,3)4)7-11(12(10)15)18(5,16)17;/h6-8,15H,14H2,1-5H3;1H. The molecule has 1 unspecified atom stereocenters. The van der Waals surface area contributed by atoms with Crippen LogP contribution in [0.15, 0.2) is 17.0 Å². The highest BCUT2D eigenvalue weighted by molar-refractivity contribution is 7.90. The number of benzene rings is 1. The van der Waals surface area contributed by atoms with Crippen LogP contribution in [-0.2, 0) is 15.3 Å². The SMILES string of the molecule is CC(N)c1cc(C(C)(C)C)cc(S(C)(=O)=O)c1O.Cl. The summed E-state index contributed by atoms with van der Waals surface area (Å²) in [6.07, 6.45) is 1.08. The Morgan fingerprint density at radius 1 is 1.26 bits per heavy atom. The highest BCUT2D eigenvalue weighted by Crippen LogP contribution is 2.35. The Hall–Kier alpha value is -0.780. The molecule has 0 saturated heterocycles. The van der Waals surface area contributed by atoms with Crippen molar-refractivity contribution in [1.82, 2.24) is 0 Å². The van der Waals surface area contributed by atoms with E-state index in [1.807, 2.05) is 20.8 Å². The molecule has 0 aliphatic carbocycles. The van der Waals surface area contributed by atoms with Crippen molar-refractivity contribution in [2.24, 2.45) is 5.73 Å². The maximum absolute atomic E-state index is 11.7. The molecule has 1 aromatic rings. The van der Waals surface area contributed by atoms with E-state index in [4.69, 9.17) is 5.73 Å². The van der Waals surface area contributed by atoms with Gasteiger partial charge in [-0.25, -0.2) is 8.42 Å². The molecule has 110 valence electrons. The molecule has 0 aliphatic rings. The summed E-state index contributed by atoms with van der Waals surface area (Å²) < 4.78 is 23.4. The molecule has 0 aliphatic heterocycles. The van der Waals surface area contributed by atoms with Gasteiger partial charge in [-0.2, -0.15) is 0 Å². The van der Waals surface area contributed by atoms with Crippen LogP contribution in [0, 0.1) is 0 Å². The summed E-state index contributed by atoms with van der Waals surface area (Å²) in [5.74, 6) is -0.236. The van der Waals surface area contributed by atoms with Crippen LogP contribution in [0.5, 0.6) is 5.75 Å². The lowest BCUT2D eigenvalue weighted by Crippen LogP contribution is -2.15. The van der Waals surface area contributed by atoms with E-state index >= 15 is 0 Å². The number of phenolic OH excluding ortho intramolecular Hbond substituents is 1. The molecule has 1 aromatic carbocycles. The third-order valence-electron chi connectivity index (χ3n) is 2.86. The molecule has 0 bridgehead atoms. The van der Waals surface area contributed by atoms with E-state index in [9.17, 15) is 13.5 Å². The molecule has 1 atom stereocenters. The fourth-order valence-corrected chi connectivity index (χ4v) is 2.50. The van der Waals surface area contributed by atoms with Gasteiger partial charge in [0.15, 0.2) is 9.84 Å². The first kappa shape index (κ1) is 18.2. The average Bonchev–Trinajstić information content (AvgIpc) is 2.13. The van der Waals surface area contributed by atoms with Crippen LogP contribution in [0.25, 0.3) is 0 Å². The van der Waals surface area contributed by atoms with E-state index in [0.717, 1.165) is 11.8 Å². The van der Waals surface area contributed by atoms with Crippen molar-refractivity contribution in [1.29, 1.82) is 0 Å². The van der Waals surface area contributed by atoms with Crippen molar-refractivity contribution in [2.45, 2.75) is 44.0 Å². The van der Waals surface area contributed by atoms with Gasteiger partial charge in [-0.15, -0.1) is 12.4 Å². The predicted octanol–water partition coefficient (Wildman–Crippen LogP) is 2.53. The van der Waals surface area contributed by atoms with Gasteiger partial charge >= 0.3 is 0 Å². The Morgan fingerprint density at radius 2 is 1.74 bits per heavy atom. The van der Waals surface area contributed by atoms with E-state index in [2.05, 4.69) is 0 Å². The van der Waals surface area contributed by atoms with Gasteiger partial charge in [0.25, 0.3) is 0 Å². The molecular weight excluding hydrogens is 286 g/mol. The molecule has 4 nitrogen and oxygen atoms in total. The number of halogens is 1. The number of sulfone groups is 1. The summed E-state index contributed by atoms with van der Waals surface area (Å²) in [7, 11) is -3.48. The molecule has 3 N–H and O–H groups in total. The Labute approximate surface area is 121 Å². The molecule has 6 heteroatoms. The lowest BCUT2D eigenvalue weighted by molar-refractivity contribution is 0.445. The minimum absolute atomic E-state index is 0. The van der Waals surface area contributed by atoms with Crippen LogP contribution >= 0.6 is 12.4 Å². The van der Waals surface area contributed by atoms with Crippen LogP contribution in [0.1, 0.15) is 44.9 Å². The van der Waals surface area contributed by atoms with Gasteiger partial charge in [-0.1, -0.05) is 20.8 Å². The fourth-order valence-electron chi connectivity index (χ4n) is 1.69. The predicted molar refractivity (Wildman–Crippen MR) is 79.8 cm³/mol. The topological polar surface area (TPSA) is 80.4 Å². The summed E-state index contributed by atoms with van der Waals surface area (Å²) in [5.41, 5.74) is 6.87. The van der Waals surface area contributed by atoms with Crippen LogP contribution < -0.4 is 5.73 Å². The minimum atomic E-state index is -3.48. The summed E-state index contributed by atoms with van der Waals surface area (Å²) in [4.78, 5) is -0.0535. The molecule has 0 amide bonds. The van der Waals surface area contributed by atoms with Crippen LogP contribution in [-0.4, -0.2) is 19.8 Å². The number of aromatic hydroxyl groups is 1. The van der Waals surface area contributed by atoms with Gasteiger partial charge in [0.2, 0.25) is 0 Å². The number of hydrogen-bond acceptors (Lipinski definition) is 4. The quantitative estimate of drug-likeness (QED) is 0.880. The van der Waals surface area contributed by atoms with Crippen molar-refractivity contribution in [3.05, 3.63) is 23.3 Å². The van der Waals surface area contributed by atoms with Gasteiger partial charge in [0.1, 0.15) is 10.6 Å². The van der Waals surface area contributed by atoms with Crippen LogP contribution in [0.3, 0.4) is 0 Å². The maximum atomic E-state index is 11.7. The monoisotopic (exact) mass is 307 g/mol. The largest absolute Gasteiger partial charge is 0.506 e. The summed E-state index contributed by atoms with van der Waals surface area (Å²) >= 11 is 0. The second-order valence-corrected chi connectivity index (χ2v) is 7.71. The Balaban J connectivity index is 0.00000324. The zero-order chi connectivity index (χ0) is 14.3. The third kappa shape index (κ3) is 4.09. The van der Waals surface area contributed by atoms with E-state index in [-0.39, 0.29) is 28.5 Å². The van der Waals surface area contributed by atoms with E-state index in [0.29, 0.717) is 5.56 Å². The van der Waals surface area contributed by atoms with Crippen molar-refractivity contribution in [3.8, 4) is 5.75 Å². The first-order valence-electron chi connectivity index (χ1n) is 5.77. The molecule has 0 saturated carbocycles. The second kappa shape index (κ2) is 5.69. The summed E-state index contributed by atoms with van der Waals surface area (Å²) in [6, 6.07) is 2.87. The molecule has 0 heterocycles. The molecule has 19 heavy (non-hydrogen) atoms. The maximum Gasteiger partial charge on any atom is 0.179 e. The van der Waals surface area contributed by atoms with Crippen LogP contribution in [0.4, 0.5) is 0 Å². The lowest BCUT2D eigenvalue weighted by atomic mass is 9.85. The van der Waals surface area contributed by atoms with Gasteiger partial charge < -0.3 is 10.8 Å². The van der Waals surface area contributed by atoms with E-state index in [1.54, 1.807) is 13.0 Å². The number of hydrogen-bond donors (Lipinski definition) is 2. The average molecular weight is 308 g/mol. The zero-order valence-corrected chi connectivity index (χ0v) is 13.5. The molecule has 0 aromatic heterocycles. The smallest absolute Gasteiger partial charge is 0.179 e. The summed E-state index contributed by atoms with van der Waals surface area (Å²) in [5, 5.41) is 10.0. The van der Waals surface area contributed by atoms with Crippen molar-refractivity contribution < 1.29 is 13.5 Å². The highest BCUT2D eigenvalue weighted by atomic mass is 35.5. The Morgan fingerprint density at radius 3 is 2.05 bits per heavy atom. The van der Waals surface area contributed by atoms with Gasteiger partial charge in [-0.3, -0.25) is 0 Å².